The van der Waals surface area contributed by atoms with Crippen LogP contribution >= 0.6 is 0 Å². The lowest BCUT2D eigenvalue weighted by molar-refractivity contribution is -0.137. The first kappa shape index (κ1) is 21.9. The Labute approximate surface area is 144 Å². The molecule has 0 rings (SSSR count). The van der Waals surface area contributed by atoms with Crippen LogP contribution in [0.4, 0.5) is 0 Å². The van der Waals surface area contributed by atoms with E-state index in [2.05, 4.69) is 32.1 Å². The summed E-state index contributed by atoms with van der Waals surface area (Å²) < 4.78 is 4.94. The normalized spacial score (nSPS) is 11.0. The van der Waals surface area contributed by atoms with Gasteiger partial charge in [-0.25, -0.2) is 4.79 Å². The predicted octanol–water partition coefficient (Wildman–Crippen LogP) is 6.57. The van der Waals surface area contributed by atoms with Crippen molar-refractivity contribution in [1.29, 1.82) is 0 Å². The van der Waals surface area contributed by atoms with Gasteiger partial charge in [-0.15, -0.1) is 0 Å². The molecule has 0 aromatic carbocycles. The van der Waals surface area contributed by atoms with Gasteiger partial charge in [0.2, 0.25) is 0 Å². The third-order valence-electron chi connectivity index (χ3n) is 3.91. The van der Waals surface area contributed by atoms with Crippen LogP contribution in [0.25, 0.3) is 0 Å². The van der Waals surface area contributed by atoms with Gasteiger partial charge in [0.1, 0.15) is 0 Å². The van der Waals surface area contributed by atoms with Crippen molar-refractivity contribution in [2.45, 2.75) is 90.4 Å². The third kappa shape index (κ3) is 18.9. The molecule has 0 heterocycles. The van der Waals surface area contributed by atoms with Crippen molar-refractivity contribution in [3.8, 4) is 0 Å². The largest absolute Gasteiger partial charge is 0.463 e. The molecular formula is C21H37O2. The Hall–Kier alpha value is -1.05. The van der Waals surface area contributed by atoms with Crippen LogP contribution in [0.15, 0.2) is 24.8 Å². The molecule has 0 unspecified atom stereocenters. The summed E-state index contributed by atoms with van der Waals surface area (Å²) >= 11 is 0. The van der Waals surface area contributed by atoms with Gasteiger partial charge < -0.3 is 4.74 Å². The molecule has 0 atom stereocenters. The minimum absolute atomic E-state index is 0.310. The molecule has 0 fully saturated rings. The van der Waals surface area contributed by atoms with Crippen LogP contribution in [0.3, 0.4) is 0 Å². The first-order valence-electron chi connectivity index (χ1n) is 9.57. The highest BCUT2D eigenvalue weighted by molar-refractivity contribution is 5.81. The van der Waals surface area contributed by atoms with Gasteiger partial charge in [-0.3, -0.25) is 0 Å². The number of allylic oxidation sites excluding steroid dienone is 2. The van der Waals surface area contributed by atoms with E-state index in [1.807, 2.05) is 0 Å². The van der Waals surface area contributed by atoms with Gasteiger partial charge in [-0.05, 0) is 38.5 Å². The SMILES string of the molecule is C=CC(=O)OCCCCCCCC/C=C\C[CH]CCCCCC. The zero-order valence-corrected chi connectivity index (χ0v) is 15.2. The molecule has 0 aromatic rings. The molecule has 23 heavy (non-hydrogen) atoms. The summed E-state index contributed by atoms with van der Waals surface area (Å²) in [7, 11) is 0. The summed E-state index contributed by atoms with van der Waals surface area (Å²) in [6.07, 6.45) is 24.6. The Morgan fingerprint density at radius 2 is 1.52 bits per heavy atom. The average molecular weight is 322 g/mol. The van der Waals surface area contributed by atoms with Crippen LogP contribution in [-0.4, -0.2) is 12.6 Å². The van der Waals surface area contributed by atoms with Gasteiger partial charge >= 0.3 is 5.97 Å². The number of carbonyl (C=O) groups is 1. The lowest BCUT2D eigenvalue weighted by Gasteiger charge is -2.02. The smallest absolute Gasteiger partial charge is 0.330 e. The Morgan fingerprint density at radius 1 is 0.870 bits per heavy atom. The molecule has 0 aliphatic rings. The molecule has 0 spiro atoms. The quantitative estimate of drug-likeness (QED) is 0.131. The zero-order chi connectivity index (χ0) is 17.0. The number of hydrogen-bond acceptors (Lipinski definition) is 2. The Morgan fingerprint density at radius 3 is 2.26 bits per heavy atom. The van der Waals surface area contributed by atoms with E-state index in [4.69, 9.17) is 4.74 Å². The maximum absolute atomic E-state index is 10.8. The molecule has 0 saturated carbocycles. The van der Waals surface area contributed by atoms with E-state index in [-0.39, 0.29) is 5.97 Å². The standard InChI is InChI=1S/C21H37O2/c1-3-5-6-7-8-9-10-11-12-13-14-15-16-17-18-19-20-23-21(22)4-2/h4,9,11-12H,2-3,5-8,10,13-20H2,1H3/b12-11-. The Bertz CT molecular complexity index is 294. The van der Waals surface area contributed by atoms with E-state index < -0.39 is 0 Å². The molecule has 0 aliphatic heterocycles. The summed E-state index contributed by atoms with van der Waals surface area (Å²) in [5.74, 6) is -0.310. The van der Waals surface area contributed by atoms with Crippen molar-refractivity contribution in [2.75, 3.05) is 6.61 Å². The molecular weight excluding hydrogens is 284 g/mol. The van der Waals surface area contributed by atoms with E-state index >= 15 is 0 Å². The first-order valence-corrected chi connectivity index (χ1v) is 9.57. The van der Waals surface area contributed by atoms with Crippen molar-refractivity contribution in [1.82, 2.24) is 0 Å². The summed E-state index contributed by atoms with van der Waals surface area (Å²) in [5.41, 5.74) is 0. The van der Waals surface area contributed by atoms with Crippen LogP contribution < -0.4 is 0 Å². The van der Waals surface area contributed by atoms with Crippen molar-refractivity contribution < 1.29 is 9.53 Å². The maximum atomic E-state index is 10.8. The van der Waals surface area contributed by atoms with Gasteiger partial charge in [-0.1, -0.05) is 77.0 Å². The number of hydrogen-bond donors (Lipinski definition) is 0. The van der Waals surface area contributed by atoms with Gasteiger partial charge in [0.05, 0.1) is 6.61 Å². The van der Waals surface area contributed by atoms with Crippen molar-refractivity contribution in [3.63, 3.8) is 0 Å². The monoisotopic (exact) mass is 321 g/mol. The number of rotatable bonds is 17. The molecule has 1 radical (unpaired) electrons. The maximum Gasteiger partial charge on any atom is 0.330 e. The summed E-state index contributed by atoms with van der Waals surface area (Å²) in [6.45, 7) is 6.16. The van der Waals surface area contributed by atoms with E-state index in [0.717, 1.165) is 19.3 Å². The molecule has 0 aromatic heterocycles. The van der Waals surface area contributed by atoms with E-state index in [1.165, 1.54) is 70.3 Å². The number of ether oxygens (including phenoxy) is 1. The molecule has 133 valence electrons. The predicted molar refractivity (Wildman–Crippen MR) is 100 cm³/mol. The zero-order valence-electron chi connectivity index (χ0n) is 15.2. The van der Waals surface area contributed by atoms with Crippen LogP contribution in [0.1, 0.15) is 90.4 Å². The molecule has 0 bridgehead atoms. The minimum Gasteiger partial charge on any atom is -0.463 e. The second kappa shape index (κ2) is 19.0. The second-order valence-corrected chi connectivity index (χ2v) is 6.13. The average Bonchev–Trinajstić information content (AvgIpc) is 2.57. The van der Waals surface area contributed by atoms with Crippen LogP contribution in [0.2, 0.25) is 0 Å². The number of carbonyl (C=O) groups excluding carboxylic acids is 1. The molecule has 0 saturated heterocycles. The van der Waals surface area contributed by atoms with Crippen LogP contribution in [0, 0.1) is 6.42 Å². The third-order valence-corrected chi connectivity index (χ3v) is 3.91. The molecule has 2 nitrogen and oxygen atoms in total. The molecule has 0 N–H and O–H groups in total. The van der Waals surface area contributed by atoms with E-state index in [1.54, 1.807) is 0 Å². The van der Waals surface area contributed by atoms with Gasteiger partial charge in [0.15, 0.2) is 0 Å². The second-order valence-electron chi connectivity index (χ2n) is 6.13. The molecule has 0 aliphatic carbocycles. The Balaban J connectivity index is 3.10. The number of esters is 1. The van der Waals surface area contributed by atoms with E-state index in [0.29, 0.717) is 6.61 Å². The topological polar surface area (TPSA) is 26.3 Å². The summed E-state index contributed by atoms with van der Waals surface area (Å²) in [6, 6.07) is 0. The molecule has 2 heteroatoms. The summed E-state index contributed by atoms with van der Waals surface area (Å²) in [5, 5.41) is 0. The first-order chi connectivity index (χ1) is 11.3. The highest BCUT2D eigenvalue weighted by Crippen LogP contribution is 2.09. The van der Waals surface area contributed by atoms with Crippen molar-refractivity contribution in [2.24, 2.45) is 0 Å². The molecule has 0 amide bonds. The van der Waals surface area contributed by atoms with Gasteiger partial charge in [0, 0.05) is 6.08 Å². The highest BCUT2D eigenvalue weighted by Gasteiger charge is 1.95. The fourth-order valence-electron chi connectivity index (χ4n) is 2.45. The van der Waals surface area contributed by atoms with Crippen molar-refractivity contribution >= 4 is 5.97 Å². The summed E-state index contributed by atoms with van der Waals surface area (Å²) in [4.78, 5) is 10.8. The minimum atomic E-state index is -0.310. The van der Waals surface area contributed by atoms with Crippen LogP contribution in [-0.2, 0) is 9.53 Å². The highest BCUT2D eigenvalue weighted by atomic mass is 16.5. The van der Waals surface area contributed by atoms with Crippen molar-refractivity contribution in [3.05, 3.63) is 31.2 Å². The van der Waals surface area contributed by atoms with E-state index in [9.17, 15) is 4.79 Å². The Kier molecular flexibility index (Phi) is 18.1. The van der Waals surface area contributed by atoms with Gasteiger partial charge in [0.25, 0.3) is 0 Å². The lowest BCUT2D eigenvalue weighted by Crippen LogP contribution is -2.01. The fraction of sp³-hybridized carbons (Fsp3) is 0.714. The van der Waals surface area contributed by atoms with Crippen LogP contribution in [0.5, 0.6) is 0 Å². The lowest BCUT2D eigenvalue weighted by atomic mass is 10.1. The fourth-order valence-corrected chi connectivity index (χ4v) is 2.45. The number of unbranched alkanes of at least 4 members (excludes halogenated alkanes) is 12. The van der Waals surface area contributed by atoms with Gasteiger partial charge in [-0.2, -0.15) is 0 Å².